The van der Waals surface area contributed by atoms with Crippen LogP contribution >= 0.6 is 23.1 Å². The van der Waals surface area contributed by atoms with Gasteiger partial charge in [-0.05, 0) is 39.3 Å². The number of hydrogen-bond acceptors (Lipinski definition) is 8. The molecule has 138 valence electrons. The molecular formula is C17H19N3O4S2. The van der Waals surface area contributed by atoms with Crippen LogP contribution in [0, 0.1) is 13.8 Å². The van der Waals surface area contributed by atoms with Crippen molar-refractivity contribution < 1.29 is 19.1 Å². The minimum atomic E-state index is -0.557. The molecule has 0 atom stereocenters. The first kappa shape index (κ1) is 20.1. The van der Waals surface area contributed by atoms with Gasteiger partial charge < -0.3 is 10.1 Å². The van der Waals surface area contributed by atoms with Gasteiger partial charge in [0.05, 0.1) is 22.8 Å². The van der Waals surface area contributed by atoms with Gasteiger partial charge in [-0.15, -0.1) is 11.3 Å². The predicted molar refractivity (Wildman–Crippen MR) is 101 cm³/mol. The Kier molecular flexibility index (Phi) is 6.87. The van der Waals surface area contributed by atoms with Gasteiger partial charge in [-0.2, -0.15) is 0 Å². The molecule has 26 heavy (non-hydrogen) atoms. The molecule has 2 aromatic rings. The number of aryl methyl sites for hydroxylation is 1. The number of ketones is 1. The van der Waals surface area contributed by atoms with Gasteiger partial charge in [0.1, 0.15) is 5.00 Å². The lowest BCUT2D eigenvalue weighted by atomic mass is 10.1. The van der Waals surface area contributed by atoms with E-state index in [0.717, 1.165) is 17.0 Å². The smallest absolute Gasteiger partial charge is 0.341 e. The molecule has 0 radical (unpaired) electrons. The summed E-state index contributed by atoms with van der Waals surface area (Å²) in [7, 11) is 0. The number of esters is 1. The Morgan fingerprint density at radius 2 is 2.04 bits per heavy atom. The summed E-state index contributed by atoms with van der Waals surface area (Å²) in [5, 5.41) is 3.52. The van der Waals surface area contributed by atoms with Crippen LogP contribution in [0.3, 0.4) is 0 Å². The average molecular weight is 393 g/mol. The number of nitrogens with zero attached hydrogens (tertiary/aromatic N) is 2. The summed E-state index contributed by atoms with van der Waals surface area (Å²) >= 11 is 2.27. The Morgan fingerprint density at radius 1 is 1.31 bits per heavy atom. The zero-order valence-electron chi connectivity index (χ0n) is 14.9. The maximum Gasteiger partial charge on any atom is 0.341 e. The largest absolute Gasteiger partial charge is 0.462 e. The van der Waals surface area contributed by atoms with Crippen molar-refractivity contribution >= 4 is 45.8 Å². The molecule has 2 rings (SSSR count). The molecule has 0 aliphatic rings. The fourth-order valence-corrected chi connectivity index (χ4v) is 3.96. The predicted octanol–water partition coefficient (Wildman–Crippen LogP) is 3.27. The van der Waals surface area contributed by atoms with Crippen molar-refractivity contribution in [2.45, 2.75) is 32.9 Å². The first-order valence-corrected chi connectivity index (χ1v) is 9.67. The normalized spacial score (nSPS) is 10.5. The Bertz CT molecular complexity index is 849. The number of hydrogen-bond donors (Lipinski definition) is 1. The number of ether oxygens (including phenoxy) is 1. The standard InChI is InChI=1S/C17H19N3O4S2/c1-5-24-16(23)13-10(3)14(11(4)21)26-15(13)20-12(22)8-25-17-18-7-6-9(2)19-17/h6-7H,5,8H2,1-4H3,(H,20,22). The van der Waals surface area contributed by atoms with E-state index in [9.17, 15) is 14.4 Å². The first-order valence-electron chi connectivity index (χ1n) is 7.87. The second-order valence-electron chi connectivity index (χ2n) is 5.35. The van der Waals surface area contributed by atoms with Crippen molar-refractivity contribution in [2.75, 3.05) is 17.7 Å². The van der Waals surface area contributed by atoms with Gasteiger partial charge >= 0.3 is 5.97 Å². The third kappa shape index (κ3) is 4.89. The zero-order valence-corrected chi connectivity index (χ0v) is 16.5. The molecule has 1 amide bonds. The van der Waals surface area contributed by atoms with Crippen molar-refractivity contribution in [3.8, 4) is 0 Å². The number of thioether (sulfide) groups is 1. The summed E-state index contributed by atoms with van der Waals surface area (Å²) in [6.07, 6.45) is 1.63. The lowest BCUT2D eigenvalue weighted by Crippen LogP contribution is -2.16. The number of aromatic nitrogens is 2. The molecule has 7 nitrogen and oxygen atoms in total. The minimum Gasteiger partial charge on any atom is -0.462 e. The third-order valence-corrected chi connectivity index (χ3v) is 5.47. The van der Waals surface area contributed by atoms with E-state index in [1.54, 1.807) is 26.1 Å². The molecule has 2 heterocycles. The fraction of sp³-hybridized carbons (Fsp3) is 0.353. The van der Waals surface area contributed by atoms with Gasteiger partial charge in [-0.25, -0.2) is 14.8 Å². The van der Waals surface area contributed by atoms with Crippen molar-refractivity contribution in [1.29, 1.82) is 0 Å². The highest BCUT2D eigenvalue weighted by molar-refractivity contribution is 7.99. The molecule has 0 aliphatic carbocycles. The molecule has 0 saturated heterocycles. The molecule has 0 bridgehead atoms. The lowest BCUT2D eigenvalue weighted by molar-refractivity contribution is -0.113. The number of rotatable bonds is 7. The minimum absolute atomic E-state index is 0.0814. The fourth-order valence-electron chi connectivity index (χ4n) is 2.17. The second-order valence-corrected chi connectivity index (χ2v) is 7.32. The third-order valence-electron chi connectivity index (χ3n) is 3.30. The summed E-state index contributed by atoms with van der Waals surface area (Å²) in [4.78, 5) is 45.0. The van der Waals surface area contributed by atoms with E-state index in [0.29, 0.717) is 20.6 Å². The van der Waals surface area contributed by atoms with Gasteiger partial charge in [0.25, 0.3) is 0 Å². The van der Waals surface area contributed by atoms with Gasteiger partial charge in [0.2, 0.25) is 5.91 Å². The van der Waals surface area contributed by atoms with Gasteiger partial charge in [0.15, 0.2) is 10.9 Å². The van der Waals surface area contributed by atoms with E-state index in [2.05, 4.69) is 15.3 Å². The highest BCUT2D eigenvalue weighted by Crippen LogP contribution is 2.34. The van der Waals surface area contributed by atoms with Crippen molar-refractivity contribution in [3.05, 3.63) is 34.0 Å². The monoisotopic (exact) mass is 393 g/mol. The summed E-state index contributed by atoms with van der Waals surface area (Å²) in [6.45, 7) is 6.84. The number of nitrogens with one attached hydrogen (secondary N) is 1. The quantitative estimate of drug-likeness (QED) is 0.334. The van der Waals surface area contributed by atoms with Crippen molar-refractivity contribution in [1.82, 2.24) is 9.97 Å². The van der Waals surface area contributed by atoms with Crippen molar-refractivity contribution in [3.63, 3.8) is 0 Å². The van der Waals surface area contributed by atoms with E-state index in [4.69, 9.17) is 4.74 Å². The summed E-state index contributed by atoms with van der Waals surface area (Å²) in [5.74, 6) is -0.959. The average Bonchev–Trinajstić information content (AvgIpc) is 2.89. The number of thiophene rings is 1. The number of carbonyl (C=O) groups is 3. The molecule has 0 spiro atoms. The number of carbonyl (C=O) groups excluding carboxylic acids is 3. The molecule has 9 heteroatoms. The molecule has 0 aliphatic heterocycles. The molecule has 0 unspecified atom stereocenters. The molecular weight excluding hydrogens is 374 g/mol. The Morgan fingerprint density at radius 3 is 2.65 bits per heavy atom. The van der Waals surface area contributed by atoms with Crippen LogP contribution in [0.25, 0.3) is 0 Å². The molecule has 2 aromatic heterocycles. The Balaban J connectivity index is 2.16. The van der Waals surface area contributed by atoms with Crippen LogP contribution in [0.2, 0.25) is 0 Å². The van der Waals surface area contributed by atoms with Crippen LogP contribution in [0.1, 0.15) is 45.1 Å². The number of anilines is 1. The van der Waals surface area contributed by atoms with Crippen LogP contribution in [0.15, 0.2) is 17.4 Å². The van der Waals surface area contributed by atoms with Crippen LogP contribution in [0.5, 0.6) is 0 Å². The zero-order chi connectivity index (χ0) is 19.3. The van der Waals surface area contributed by atoms with E-state index in [-0.39, 0.29) is 29.6 Å². The Labute approximate surface area is 159 Å². The van der Waals surface area contributed by atoms with E-state index in [1.165, 1.54) is 18.7 Å². The van der Waals surface area contributed by atoms with Gasteiger partial charge in [-0.3, -0.25) is 9.59 Å². The summed E-state index contributed by atoms with van der Waals surface area (Å²) in [6, 6.07) is 1.77. The first-order chi connectivity index (χ1) is 12.3. The van der Waals surface area contributed by atoms with E-state index < -0.39 is 5.97 Å². The van der Waals surface area contributed by atoms with Crippen LogP contribution in [0.4, 0.5) is 5.00 Å². The highest BCUT2D eigenvalue weighted by atomic mass is 32.2. The number of amides is 1. The topological polar surface area (TPSA) is 98.2 Å². The summed E-state index contributed by atoms with van der Waals surface area (Å²) < 4.78 is 5.05. The summed E-state index contributed by atoms with van der Waals surface area (Å²) in [5.41, 5.74) is 1.56. The lowest BCUT2D eigenvalue weighted by Gasteiger charge is -2.07. The SMILES string of the molecule is CCOC(=O)c1c(NC(=O)CSc2nccc(C)n2)sc(C(C)=O)c1C. The van der Waals surface area contributed by atoms with Gasteiger partial charge in [0, 0.05) is 11.9 Å². The van der Waals surface area contributed by atoms with Crippen LogP contribution < -0.4 is 5.32 Å². The second kappa shape index (κ2) is 8.91. The highest BCUT2D eigenvalue weighted by Gasteiger charge is 2.25. The van der Waals surface area contributed by atoms with E-state index in [1.807, 2.05) is 6.92 Å². The molecule has 1 N–H and O–H groups in total. The number of Topliss-reactive ketones (excluding diaryl/α,β-unsaturated/α-hetero) is 1. The Hall–Kier alpha value is -2.26. The van der Waals surface area contributed by atoms with Crippen LogP contribution in [-0.2, 0) is 9.53 Å². The maximum absolute atomic E-state index is 12.3. The van der Waals surface area contributed by atoms with Crippen molar-refractivity contribution in [2.24, 2.45) is 0 Å². The molecule has 0 aromatic carbocycles. The molecule has 0 saturated carbocycles. The van der Waals surface area contributed by atoms with E-state index >= 15 is 0 Å². The van der Waals surface area contributed by atoms with Gasteiger partial charge in [-0.1, -0.05) is 11.8 Å². The molecule has 0 fully saturated rings. The maximum atomic E-state index is 12.3. The van der Waals surface area contributed by atoms with Crippen LogP contribution in [-0.4, -0.2) is 40.0 Å².